The molecule has 2 heterocycles. The Morgan fingerprint density at radius 3 is 3.00 bits per heavy atom. The van der Waals surface area contributed by atoms with Gasteiger partial charge in [0.25, 0.3) is 0 Å². The molecular weight excluding hydrogens is 226 g/mol. The van der Waals surface area contributed by atoms with Gasteiger partial charge >= 0.3 is 0 Å². The first-order valence-corrected chi connectivity index (χ1v) is 6.86. The zero-order valence-electron chi connectivity index (χ0n) is 11.8. The minimum atomic E-state index is 0.142. The molecule has 0 aliphatic carbocycles. The number of rotatable bonds is 4. The summed E-state index contributed by atoms with van der Waals surface area (Å²) in [4.78, 5) is 4.27. The summed E-state index contributed by atoms with van der Waals surface area (Å²) in [7, 11) is 0. The second-order valence-electron chi connectivity index (χ2n) is 6.22. The Bertz CT molecular complexity index is 361. The second kappa shape index (κ2) is 5.85. The highest BCUT2D eigenvalue weighted by Gasteiger charge is 2.16. The molecule has 0 saturated carbocycles. The number of nitrogens with zero attached hydrogens (tertiary/aromatic N) is 2. The van der Waals surface area contributed by atoms with E-state index in [-0.39, 0.29) is 5.54 Å². The first-order valence-electron chi connectivity index (χ1n) is 6.86. The van der Waals surface area contributed by atoms with Gasteiger partial charge in [-0.1, -0.05) is 0 Å². The molecule has 0 spiro atoms. The molecule has 1 aliphatic heterocycles. The minimum absolute atomic E-state index is 0.142. The van der Waals surface area contributed by atoms with Gasteiger partial charge in [-0.15, -0.1) is 0 Å². The molecule has 1 N–H and O–H groups in total. The lowest BCUT2D eigenvalue weighted by atomic mass is 10.0. The van der Waals surface area contributed by atoms with E-state index in [9.17, 15) is 0 Å². The van der Waals surface area contributed by atoms with Crippen LogP contribution in [0.5, 0.6) is 0 Å². The highest BCUT2D eigenvalue weighted by atomic mass is 16.5. The van der Waals surface area contributed by atoms with Crippen molar-refractivity contribution in [1.82, 2.24) is 14.9 Å². The number of aromatic nitrogens is 2. The summed E-state index contributed by atoms with van der Waals surface area (Å²) in [6.45, 7) is 10.3. The van der Waals surface area contributed by atoms with Crippen molar-refractivity contribution in [3.8, 4) is 0 Å². The Labute approximate surface area is 110 Å². The third kappa shape index (κ3) is 4.10. The molecule has 0 bridgehead atoms. The van der Waals surface area contributed by atoms with Gasteiger partial charge in [-0.25, -0.2) is 4.98 Å². The normalized spacial score (nSPS) is 21.2. The molecule has 102 valence electrons. The summed E-state index contributed by atoms with van der Waals surface area (Å²) in [6.07, 6.45) is 6.36. The fraction of sp³-hybridized carbons (Fsp3) is 0.786. The predicted molar refractivity (Wildman–Crippen MR) is 72.4 cm³/mol. The van der Waals surface area contributed by atoms with Crippen molar-refractivity contribution in [2.75, 3.05) is 13.2 Å². The molecule has 2 rings (SSSR count). The molecule has 1 fully saturated rings. The van der Waals surface area contributed by atoms with E-state index in [0.29, 0.717) is 5.92 Å². The molecule has 0 amide bonds. The van der Waals surface area contributed by atoms with E-state index >= 15 is 0 Å². The fourth-order valence-electron chi connectivity index (χ4n) is 2.25. The third-order valence-electron chi connectivity index (χ3n) is 3.31. The number of imidazole rings is 1. The number of hydrogen-bond donors (Lipinski definition) is 1. The highest BCUT2D eigenvalue weighted by Crippen LogP contribution is 2.16. The molecule has 4 nitrogen and oxygen atoms in total. The van der Waals surface area contributed by atoms with Gasteiger partial charge in [-0.3, -0.25) is 0 Å². The van der Waals surface area contributed by atoms with Crippen LogP contribution in [0.15, 0.2) is 12.5 Å². The van der Waals surface area contributed by atoms with Gasteiger partial charge in [0.2, 0.25) is 0 Å². The van der Waals surface area contributed by atoms with E-state index in [0.717, 1.165) is 26.3 Å². The van der Waals surface area contributed by atoms with E-state index < -0.39 is 0 Å². The van der Waals surface area contributed by atoms with Crippen LogP contribution in [0.2, 0.25) is 0 Å². The minimum Gasteiger partial charge on any atom is -0.381 e. The summed E-state index contributed by atoms with van der Waals surface area (Å²) in [6, 6.07) is 0. The Hall–Kier alpha value is -0.870. The maximum Gasteiger partial charge on any atom is 0.0948 e. The summed E-state index contributed by atoms with van der Waals surface area (Å²) in [5.74, 6) is 0.640. The smallest absolute Gasteiger partial charge is 0.0948 e. The van der Waals surface area contributed by atoms with Crippen LogP contribution in [-0.2, 0) is 17.8 Å². The lowest BCUT2D eigenvalue weighted by Gasteiger charge is -2.24. The van der Waals surface area contributed by atoms with Gasteiger partial charge in [0.1, 0.15) is 0 Å². The van der Waals surface area contributed by atoms with Gasteiger partial charge < -0.3 is 14.6 Å². The molecule has 1 atom stereocenters. The van der Waals surface area contributed by atoms with Crippen LogP contribution >= 0.6 is 0 Å². The average Bonchev–Trinajstić information content (AvgIpc) is 2.74. The van der Waals surface area contributed by atoms with E-state index in [1.807, 2.05) is 12.5 Å². The number of ether oxygens (including phenoxy) is 1. The quantitative estimate of drug-likeness (QED) is 0.891. The lowest BCUT2D eigenvalue weighted by molar-refractivity contribution is 0.0480. The van der Waals surface area contributed by atoms with Crippen molar-refractivity contribution in [3.63, 3.8) is 0 Å². The Morgan fingerprint density at radius 1 is 1.50 bits per heavy atom. The van der Waals surface area contributed by atoms with Crippen molar-refractivity contribution in [2.24, 2.45) is 5.92 Å². The zero-order valence-corrected chi connectivity index (χ0v) is 11.8. The monoisotopic (exact) mass is 251 g/mol. The average molecular weight is 251 g/mol. The van der Waals surface area contributed by atoms with Crippen molar-refractivity contribution >= 4 is 0 Å². The molecule has 1 unspecified atom stereocenters. The van der Waals surface area contributed by atoms with E-state index in [4.69, 9.17) is 4.74 Å². The van der Waals surface area contributed by atoms with Crippen LogP contribution < -0.4 is 5.32 Å². The van der Waals surface area contributed by atoms with Gasteiger partial charge in [0, 0.05) is 37.4 Å². The third-order valence-corrected chi connectivity index (χ3v) is 3.31. The predicted octanol–water partition coefficient (Wildman–Crippen LogP) is 2.20. The summed E-state index contributed by atoms with van der Waals surface area (Å²) >= 11 is 0. The topological polar surface area (TPSA) is 39.1 Å². The molecule has 1 saturated heterocycles. The Kier molecular flexibility index (Phi) is 4.40. The molecule has 18 heavy (non-hydrogen) atoms. The largest absolute Gasteiger partial charge is 0.381 e. The number of hydrogen-bond acceptors (Lipinski definition) is 3. The van der Waals surface area contributed by atoms with Crippen LogP contribution in [0.25, 0.3) is 0 Å². The van der Waals surface area contributed by atoms with Gasteiger partial charge in [-0.2, -0.15) is 0 Å². The van der Waals surface area contributed by atoms with Crippen molar-refractivity contribution in [1.29, 1.82) is 0 Å². The molecule has 1 aliphatic rings. The zero-order chi connectivity index (χ0) is 13.0. The molecule has 0 radical (unpaired) electrons. The van der Waals surface area contributed by atoms with E-state index in [1.165, 1.54) is 18.5 Å². The van der Waals surface area contributed by atoms with Gasteiger partial charge in [0.05, 0.1) is 18.6 Å². The molecule has 4 heteroatoms. The molecule has 1 aromatic rings. The van der Waals surface area contributed by atoms with Gasteiger partial charge in [-0.05, 0) is 33.6 Å². The lowest BCUT2D eigenvalue weighted by Crippen LogP contribution is -2.36. The molecule has 0 aromatic carbocycles. The Morgan fingerprint density at radius 2 is 2.33 bits per heavy atom. The number of nitrogens with one attached hydrogen (secondary N) is 1. The maximum absolute atomic E-state index is 5.54. The first kappa shape index (κ1) is 13.6. The summed E-state index contributed by atoms with van der Waals surface area (Å²) < 4.78 is 7.80. The van der Waals surface area contributed by atoms with Crippen LogP contribution in [0, 0.1) is 5.92 Å². The summed E-state index contributed by atoms with van der Waals surface area (Å²) in [5.41, 5.74) is 1.40. The van der Waals surface area contributed by atoms with Crippen LogP contribution in [0.4, 0.5) is 0 Å². The molecular formula is C14H25N3O. The second-order valence-corrected chi connectivity index (χ2v) is 6.22. The van der Waals surface area contributed by atoms with E-state index in [2.05, 4.69) is 35.6 Å². The fourth-order valence-corrected chi connectivity index (χ4v) is 2.25. The van der Waals surface area contributed by atoms with Crippen molar-refractivity contribution in [2.45, 2.75) is 52.2 Å². The van der Waals surface area contributed by atoms with Crippen LogP contribution in [0.1, 0.15) is 39.3 Å². The maximum atomic E-state index is 5.54. The van der Waals surface area contributed by atoms with Crippen LogP contribution in [-0.4, -0.2) is 28.3 Å². The Balaban J connectivity index is 1.90. The van der Waals surface area contributed by atoms with E-state index in [1.54, 1.807) is 0 Å². The van der Waals surface area contributed by atoms with Crippen LogP contribution in [0.3, 0.4) is 0 Å². The van der Waals surface area contributed by atoms with Crippen molar-refractivity contribution in [3.05, 3.63) is 18.2 Å². The standard InChI is InChI=1S/C14H25N3O/c1-14(2,3)16-8-13-7-15-11-17(13)9-12-5-4-6-18-10-12/h7,11-12,16H,4-6,8-10H2,1-3H3. The van der Waals surface area contributed by atoms with Gasteiger partial charge in [0.15, 0.2) is 0 Å². The molecule has 1 aromatic heterocycles. The SMILES string of the molecule is CC(C)(C)NCc1cncn1CC1CCCOC1. The van der Waals surface area contributed by atoms with Crippen molar-refractivity contribution < 1.29 is 4.74 Å². The first-order chi connectivity index (χ1) is 8.54. The highest BCUT2D eigenvalue weighted by molar-refractivity contribution is 4.99. The summed E-state index contributed by atoms with van der Waals surface area (Å²) in [5, 5.41) is 3.51.